The van der Waals surface area contributed by atoms with Crippen LogP contribution in [0.5, 0.6) is 0 Å². The first-order valence-electron chi connectivity index (χ1n) is 5.32. The van der Waals surface area contributed by atoms with Gasteiger partial charge in [-0.05, 0) is 25.1 Å². The third-order valence-corrected chi connectivity index (χ3v) is 3.27. The van der Waals surface area contributed by atoms with Crippen molar-refractivity contribution in [3.8, 4) is 0 Å². The molecule has 2 N–H and O–H groups in total. The maximum Gasteiger partial charge on any atom is 0.345 e. The highest BCUT2D eigenvalue weighted by atomic mass is 32.1. The molecule has 0 bridgehead atoms. The van der Waals surface area contributed by atoms with Gasteiger partial charge in [0.2, 0.25) is 0 Å². The molecule has 0 atom stereocenters. The lowest BCUT2D eigenvalue weighted by Crippen LogP contribution is -2.26. The SMILES string of the molecule is CCCN(CCO)Cc1ccc(C(=O)O)s1. The summed E-state index contributed by atoms with van der Waals surface area (Å²) < 4.78 is 0. The summed E-state index contributed by atoms with van der Waals surface area (Å²) in [5.41, 5.74) is 0. The molecule has 5 heteroatoms. The highest BCUT2D eigenvalue weighted by Gasteiger charge is 2.09. The average Bonchev–Trinajstić information content (AvgIpc) is 2.67. The molecule has 4 nitrogen and oxygen atoms in total. The second kappa shape index (κ2) is 6.62. The van der Waals surface area contributed by atoms with Gasteiger partial charge in [-0.2, -0.15) is 0 Å². The third-order valence-electron chi connectivity index (χ3n) is 2.21. The molecule has 90 valence electrons. The monoisotopic (exact) mass is 243 g/mol. The molecule has 0 amide bonds. The normalized spacial score (nSPS) is 10.9. The van der Waals surface area contributed by atoms with E-state index < -0.39 is 5.97 Å². The van der Waals surface area contributed by atoms with E-state index in [9.17, 15) is 4.79 Å². The number of rotatable bonds is 7. The summed E-state index contributed by atoms with van der Waals surface area (Å²) in [6, 6.07) is 3.47. The zero-order valence-electron chi connectivity index (χ0n) is 9.35. The molecule has 0 aliphatic carbocycles. The van der Waals surface area contributed by atoms with Crippen LogP contribution in [0.15, 0.2) is 12.1 Å². The highest BCUT2D eigenvalue weighted by Crippen LogP contribution is 2.18. The van der Waals surface area contributed by atoms with Crippen molar-refractivity contribution in [2.75, 3.05) is 19.7 Å². The molecular formula is C11H17NO3S. The molecule has 0 radical (unpaired) electrons. The predicted octanol–water partition coefficient (Wildman–Crippen LogP) is 1.65. The molecule has 0 fully saturated rings. The fourth-order valence-corrected chi connectivity index (χ4v) is 2.41. The second-order valence-corrected chi connectivity index (χ2v) is 4.74. The molecule has 1 aromatic heterocycles. The molecule has 1 rings (SSSR count). The van der Waals surface area contributed by atoms with E-state index in [2.05, 4.69) is 11.8 Å². The first-order chi connectivity index (χ1) is 7.67. The van der Waals surface area contributed by atoms with Gasteiger partial charge in [0.15, 0.2) is 0 Å². The van der Waals surface area contributed by atoms with Crippen molar-refractivity contribution in [1.82, 2.24) is 4.90 Å². The summed E-state index contributed by atoms with van der Waals surface area (Å²) in [6.07, 6.45) is 1.02. The fourth-order valence-electron chi connectivity index (χ4n) is 1.53. The van der Waals surface area contributed by atoms with Crippen LogP contribution >= 0.6 is 11.3 Å². The number of hydrogen-bond donors (Lipinski definition) is 2. The first-order valence-corrected chi connectivity index (χ1v) is 6.14. The van der Waals surface area contributed by atoms with Gasteiger partial charge >= 0.3 is 5.97 Å². The van der Waals surface area contributed by atoms with Crippen LogP contribution in [0.1, 0.15) is 27.9 Å². The number of aliphatic hydroxyl groups excluding tert-OH is 1. The summed E-state index contributed by atoms with van der Waals surface area (Å²) in [5.74, 6) is -0.875. The van der Waals surface area contributed by atoms with E-state index in [0.717, 1.165) is 17.8 Å². The molecule has 1 heterocycles. The number of carbonyl (C=O) groups is 1. The summed E-state index contributed by atoms with van der Waals surface area (Å²) in [7, 11) is 0. The number of carboxylic acid groups (broad SMARTS) is 1. The van der Waals surface area contributed by atoms with Gasteiger partial charge in [-0.15, -0.1) is 11.3 Å². The Kier molecular flexibility index (Phi) is 5.45. The van der Waals surface area contributed by atoms with Gasteiger partial charge in [0.25, 0.3) is 0 Å². The Hall–Kier alpha value is -0.910. The summed E-state index contributed by atoms with van der Waals surface area (Å²) in [4.78, 5) is 14.2. The largest absolute Gasteiger partial charge is 0.477 e. The molecule has 0 aliphatic heterocycles. The summed E-state index contributed by atoms with van der Waals surface area (Å²) in [5, 5.41) is 17.7. The quantitative estimate of drug-likeness (QED) is 0.764. The smallest absolute Gasteiger partial charge is 0.345 e. The zero-order chi connectivity index (χ0) is 12.0. The molecule has 0 aliphatic rings. The number of hydrogen-bond acceptors (Lipinski definition) is 4. The van der Waals surface area contributed by atoms with Gasteiger partial charge < -0.3 is 10.2 Å². The van der Waals surface area contributed by atoms with Gasteiger partial charge in [0.05, 0.1) is 6.61 Å². The van der Waals surface area contributed by atoms with Crippen LogP contribution in [0, 0.1) is 0 Å². The van der Waals surface area contributed by atoms with Crippen LogP contribution in [-0.2, 0) is 6.54 Å². The molecule has 0 aromatic carbocycles. The number of aromatic carboxylic acids is 1. The Labute approximate surface area is 99.1 Å². The van der Waals surface area contributed by atoms with Crippen LogP contribution < -0.4 is 0 Å². The lowest BCUT2D eigenvalue weighted by molar-refractivity contribution is 0.0702. The minimum atomic E-state index is -0.875. The van der Waals surface area contributed by atoms with Gasteiger partial charge in [-0.3, -0.25) is 4.90 Å². The lowest BCUT2D eigenvalue weighted by Gasteiger charge is -2.19. The van der Waals surface area contributed by atoms with Gasteiger partial charge in [-0.25, -0.2) is 4.79 Å². The van der Waals surface area contributed by atoms with Crippen molar-refractivity contribution in [3.05, 3.63) is 21.9 Å². The van der Waals surface area contributed by atoms with Gasteiger partial charge in [0.1, 0.15) is 4.88 Å². The molecule has 0 saturated carbocycles. The summed E-state index contributed by atoms with van der Waals surface area (Å²) >= 11 is 1.30. The Morgan fingerprint density at radius 2 is 2.19 bits per heavy atom. The molecular weight excluding hydrogens is 226 g/mol. The minimum Gasteiger partial charge on any atom is -0.477 e. The van der Waals surface area contributed by atoms with E-state index in [4.69, 9.17) is 10.2 Å². The van der Waals surface area contributed by atoms with Crippen molar-refractivity contribution >= 4 is 17.3 Å². The van der Waals surface area contributed by atoms with Crippen molar-refractivity contribution in [2.24, 2.45) is 0 Å². The van der Waals surface area contributed by atoms with Crippen LogP contribution in [0.25, 0.3) is 0 Å². The molecule has 16 heavy (non-hydrogen) atoms. The Morgan fingerprint density at radius 3 is 2.69 bits per heavy atom. The van der Waals surface area contributed by atoms with Crippen LogP contribution in [-0.4, -0.2) is 40.8 Å². The predicted molar refractivity (Wildman–Crippen MR) is 63.9 cm³/mol. The van der Waals surface area contributed by atoms with E-state index in [1.54, 1.807) is 6.07 Å². The van der Waals surface area contributed by atoms with E-state index in [-0.39, 0.29) is 6.61 Å². The third kappa shape index (κ3) is 3.92. The van der Waals surface area contributed by atoms with Crippen LogP contribution in [0.2, 0.25) is 0 Å². The van der Waals surface area contributed by atoms with E-state index in [1.165, 1.54) is 11.3 Å². The Balaban J connectivity index is 2.58. The average molecular weight is 243 g/mol. The maximum absolute atomic E-state index is 10.7. The maximum atomic E-state index is 10.7. The highest BCUT2D eigenvalue weighted by molar-refractivity contribution is 7.13. The van der Waals surface area contributed by atoms with Crippen LogP contribution in [0.4, 0.5) is 0 Å². The number of thiophene rings is 1. The molecule has 0 spiro atoms. The number of aliphatic hydroxyl groups is 1. The lowest BCUT2D eigenvalue weighted by atomic mass is 10.3. The van der Waals surface area contributed by atoms with Crippen molar-refractivity contribution in [3.63, 3.8) is 0 Å². The van der Waals surface area contributed by atoms with E-state index in [1.807, 2.05) is 6.07 Å². The number of carboxylic acids is 1. The van der Waals surface area contributed by atoms with Crippen molar-refractivity contribution in [2.45, 2.75) is 19.9 Å². The van der Waals surface area contributed by atoms with E-state index in [0.29, 0.717) is 18.0 Å². The fraction of sp³-hybridized carbons (Fsp3) is 0.545. The molecule has 0 saturated heterocycles. The Bertz CT molecular complexity index is 332. The Morgan fingerprint density at radius 1 is 1.44 bits per heavy atom. The summed E-state index contributed by atoms with van der Waals surface area (Å²) in [6.45, 7) is 4.49. The first kappa shape index (κ1) is 13.2. The van der Waals surface area contributed by atoms with Crippen molar-refractivity contribution in [1.29, 1.82) is 0 Å². The van der Waals surface area contributed by atoms with Crippen molar-refractivity contribution < 1.29 is 15.0 Å². The van der Waals surface area contributed by atoms with Crippen LogP contribution in [0.3, 0.4) is 0 Å². The van der Waals surface area contributed by atoms with Gasteiger partial charge in [0, 0.05) is 18.0 Å². The topological polar surface area (TPSA) is 60.8 Å². The standard InChI is InChI=1S/C11H17NO3S/c1-2-5-12(6-7-13)8-9-3-4-10(16-9)11(14)15/h3-4,13H,2,5-8H2,1H3,(H,14,15). The van der Waals surface area contributed by atoms with E-state index >= 15 is 0 Å². The second-order valence-electron chi connectivity index (χ2n) is 3.57. The molecule has 1 aromatic rings. The zero-order valence-corrected chi connectivity index (χ0v) is 10.2. The number of nitrogens with zero attached hydrogens (tertiary/aromatic N) is 1. The minimum absolute atomic E-state index is 0.136. The van der Waals surface area contributed by atoms with Gasteiger partial charge in [-0.1, -0.05) is 6.92 Å². The molecule has 0 unspecified atom stereocenters.